The molecule has 0 aromatic heterocycles. The normalized spacial score (nSPS) is 15.3. The van der Waals surface area contributed by atoms with Crippen molar-refractivity contribution in [2.45, 2.75) is 45.2 Å². The zero-order valence-corrected chi connectivity index (χ0v) is 15.6. The van der Waals surface area contributed by atoms with E-state index in [2.05, 4.69) is 22.5 Å². The number of hydrogen-bond donors (Lipinski definition) is 3. The highest BCUT2D eigenvalue weighted by Gasteiger charge is 2.16. The number of rotatable bonds is 5. The first kappa shape index (κ1) is 18.9. The maximum absolute atomic E-state index is 10.1. The van der Waals surface area contributed by atoms with E-state index in [-0.39, 0.29) is 29.7 Å². The number of ether oxygens (including phenoxy) is 1. The van der Waals surface area contributed by atoms with E-state index in [1.165, 1.54) is 25.7 Å². The van der Waals surface area contributed by atoms with E-state index in [1.54, 1.807) is 13.2 Å². The highest BCUT2D eigenvalue weighted by molar-refractivity contribution is 14.0. The molecular weight excluding hydrogens is 393 g/mol. The van der Waals surface area contributed by atoms with E-state index in [9.17, 15) is 5.11 Å². The lowest BCUT2D eigenvalue weighted by Crippen LogP contribution is -2.42. The third kappa shape index (κ3) is 5.23. The van der Waals surface area contributed by atoms with Gasteiger partial charge < -0.3 is 20.5 Å². The van der Waals surface area contributed by atoms with E-state index < -0.39 is 0 Å². The SMILES string of the molecule is CCNC(=NCc1cccc(OC)c1O)NC1CCCC1.I. The Kier molecular flexibility index (Phi) is 8.37. The minimum absolute atomic E-state index is 0. The minimum atomic E-state index is 0. The monoisotopic (exact) mass is 419 g/mol. The minimum Gasteiger partial charge on any atom is -0.504 e. The van der Waals surface area contributed by atoms with Crippen LogP contribution >= 0.6 is 24.0 Å². The van der Waals surface area contributed by atoms with Crippen molar-refractivity contribution in [2.75, 3.05) is 13.7 Å². The van der Waals surface area contributed by atoms with E-state index in [1.807, 2.05) is 12.1 Å². The van der Waals surface area contributed by atoms with Crippen LogP contribution in [0.5, 0.6) is 11.5 Å². The summed E-state index contributed by atoms with van der Waals surface area (Å²) in [4.78, 5) is 4.56. The van der Waals surface area contributed by atoms with Gasteiger partial charge in [0.2, 0.25) is 0 Å². The Labute approximate surface area is 149 Å². The van der Waals surface area contributed by atoms with Gasteiger partial charge >= 0.3 is 0 Å². The number of methoxy groups -OCH3 is 1. The number of hydrogen-bond acceptors (Lipinski definition) is 3. The molecule has 1 saturated carbocycles. The fraction of sp³-hybridized carbons (Fsp3) is 0.562. The first-order valence-corrected chi connectivity index (χ1v) is 7.64. The number of guanidine groups is 1. The molecular formula is C16H26IN3O2. The van der Waals surface area contributed by atoms with Crippen molar-refractivity contribution < 1.29 is 9.84 Å². The molecule has 1 aromatic rings. The summed E-state index contributed by atoms with van der Waals surface area (Å²) in [5.41, 5.74) is 0.762. The number of phenolic OH excluding ortho intramolecular Hbond substituents is 1. The van der Waals surface area contributed by atoms with Crippen molar-refractivity contribution in [1.82, 2.24) is 10.6 Å². The fourth-order valence-corrected chi connectivity index (χ4v) is 2.61. The predicted molar refractivity (Wildman–Crippen MR) is 100 cm³/mol. The summed E-state index contributed by atoms with van der Waals surface area (Å²) in [6.45, 7) is 3.29. The first-order chi connectivity index (χ1) is 10.2. The maximum atomic E-state index is 10.1. The number of para-hydroxylation sites is 1. The second kappa shape index (κ2) is 9.76. The lowest BCUT2D eigenvalue weighted by molar-refractivity contribution is 0.370. The Bertz CT molecular complexity index is 488. The summed E-state index contributed by atoms with van der Waals surface area (Å²) in [6, 6.07) is 5.98. The van der Waals surface area contributed by atoms with Crippen molar-refractivity contribution in [3.05, 3.63) is 23.8 Å². The Morgan fingerprint density at radius 3 is 2.73 bits per heavy atom. The molecule has 1 aliphatic carbocycles. The second-order valence-electron chi connectivity index (χ2n) is 5.29. The van der Waals surface area contributed by atoms with Gasteiger partial charge in [-0.15, -0.1) is 24.0 Å². The van der Waals surface area contributed by atoms with Gasteiger partial charge in [-0.3, -0.25) is 0 Å². The van der Waals surface area contributed by atoms with Crippen LogP contribution in [0.3, 0.4) is 0 Å². The van der Waals surface area contributed by atoms with E-state index in [4.69, 9.17) is 4.74 Å². The molecule has 1 fully saturated rings. The Balaban J connectivity index is 0.00000242. The van der Waals surface area contributed by atoms with Crippen LogP contribution in [0.2, 0.25) is 0 Å². The van der Waals surface area contributed by atoms with Gasteiger partial charge in [0, 0.05) is 18.2 Å². The predicted octanol–water partition coefficient (Wildman–Crippen LogP) is 3.02. The zero-order chi connectivity index (χ0) is 15.1. The maximum Gasteiger partial charge on any atom is 0.191 e. The quantitative estimate of drug-likeness (QED) is 0.390. The zero-order valence-electron chi connectivity index (χ0n) is 13.3. The van der Waals surface area contributed by atoms with E-state index in [0.717, 1.165) is 18.1 Å². The Morgan fingerprint density at radius 2 is 2.09 bits per heavy atom. The molecule has 6 heteroatoms. The smallest absolute Gasteiger partial charge is 0.191 e. The molecule has 0 bridgehead atoms. The average Bonchev–Trinajstić information content (AvgIpc) is 2.99. The third-order valence-electron chi connectivity index (χ3n) is 3.75. The van der Waals surface area contributed by atoms with Crippen LogP contribution in [0.4, 0.5) is 0 Å². The van der Waals surface area contributed by atoms with Crippen LogP contribution in [0.25, 0.3) is 0 Å². The molecule has 124 valence electrons. The average molecular weight is 419 g/mol. The highest BCUT2D eigenvalue weighted by Crippen LogP contribution is 2.29. The molecule has 0 unspecified atom stereocenters. The molecule has 0 radical (unpaired) electrons. The fourth-order valence-electron chi connectivity index (χ4n) is 2.61. The second-order valence-corrected chi connectivity index (χ2v) is 5.29. The van der Waals surface area contributed by atoms with Crippen molar-refractivity contribution in [2.24, 2.45) is 4.99 Å². The summed E-state index contributed by atoms with van der Waals surface area (Å²) in [7, 11) is 1.55. The lowest BCUT2D eigenvalue weighted by atomic mass is 10.2. The van der Waals surface area contributed by atoms with Crippen molar-refractivity contribution in [1.29, 1.82) is 0 Å². The van der Waals surface area contributed by atoms with Gasteiger partial charge in [0.15, 0.2) is 17.5 Å². The van der Waals surface area contributed by atoms with Gasteiger partial charge in [0.05, 0.1) is 13.7 Å². The molecule has 0 amide bonds. The summed E-state index contributed by atoms with van der Waals surface area (Å²) in [5.74, 6) is 1.46. The topological polar surface area (TPSA) is 65.9 Å². The molecule has 0 atom stereocenters. The number of nitrogens with zero attached hydrogens (tertiary/aromatic N) is 1. The van der Waals surface area contributed by atoms with E-state index in [0.29, 0.717) is 18.3 Å². The van der Waals surface area contributed by atoms with Gasteiger partial charge in [-0.1, -0.05) is 25.0 Å². The molecule has 5 nitrogen and oxygen atoms in total. The number of aliphatic imine (C=N–C) groups is 1. The van der Waals surface area contributed by atoms with Crippen LogP contribution in [0.1, 0.15) is 38.2 Å². The lowest BCUT2D eigenvalue weighted by Gasteiger charge is -2.16. The third-order valence-corrected chi connectivity index (χ3v) is 3.75. The molecule has 22 heavy (non-hydrogen) atoms. The summed E-state index contributed by atoms with van der Waals surface area (Å²) in [6.07, 6.45) is 4.98. The highest BCUT2D eigenvalue weighted by atomic mass is 127. The number of aromatic hydroxyl groups is 1. The van der Waals surface area contributed by atoms with Crippen molar-refractivity contribution in [3.63, 3.8) is 0 Å². The number of nitrogens with one attached hydrogen (secondary N) is 2. The summed E-state index contributed by atoms with van der Waals surface area (Å²) >= 11 is 0. The van der Waals surface area contributed by atoms with Crippen LogP contribution in [-0.4, -0.2) is 30.8 Å². The van der Waals surface area contributed by atoms with Gasteiger partial charge in [-0.2, -0.15) is 0 Å². The number of halogens is 1. The molecule has 1 aliphatic rings. The largest absolute Gasteiger partial charge is 0.504 e. The van der Waals surface area contributed by atoms with Crippen LogP contribution in [0, 0.1) is 0 Å². The van der Waals surface area contributed by atoms with Gasteiger partial charge in [-0.25, -0.2) is 4.99 Å². The summed E-state index contributed by atoms with van der Waals surface area (Å²) in [5, 5.41) is 16.8. The molecule has 3 N–H and O–H groups in total. The first-order valence-electron chi connectivity index (χ1n) is 7.64. The molecule has 1 aromatic carbocycles. The molecule has 2 rings (SSSR count). The standard InChI is InChI=1S/C16H25N3O2.HI/c1-3-17-16(19-13-8-4-5-9-13)18-11-12-7-6-10-14(21-2)15(12)20;/h6-7,10,13,20H,3-5,8-9,11H2,1-2H3,(H2,17,18,19);1H. The summed E-state index contributed by atoms with van der Waals surface area (Å²) < 4.78 is 5.12. The van der Waals surface area contributed by atoms with Crippen molar-refractivity contribution >= 4 is 29.9 Å². The Morgan fingerprint density at radius 1 is 1.36 bits per heavy atom. The van der Waals surface area contributed by atoms with Crippen LogP contribution in [0.15, 0.2) is 23.2 Å². The molecule has 0 saturated heterocycles. The van der Waals surface area contributed by atoms with Crippen molar-refractivity contribution in [3.8, 4) is 11.5 Å². The molecule has 0 heterocycles. The van der Waals surface area contributed by atoms with Crippen LogP contribution in [-0.2, 0) is 6.54 Å². The van der Waals surface area contributed by atoms with Crippen LogP contribution < -0.4 is 15.4 Å². The number of phenols is 1. The molecule has 0 spiro atoms. The Hall–Kier alpha value is -1.18. The van der Waals surface area contributed by atoms with Gasteiger partial charge in [0.1, 0.15) is 0 Å². The van der Waals surface area contributed by atoms with Gasteiger partial charge in [-0.05, 0) is 25.8 Å². The molecule has 0 aliphatic heterocycles. The van der Waals surface area contributed by atoms with E-state index >= 15 is 0 Å². The van der Waals surface area contributed by atoms with Gasteiger partial charge in [0.25, 0.3) is 0 Å². The number of benzene rings is 1.